The standard InChI is InChI=1S/C8H12FN3O2/c1-6-4-11-12(3-2-9)8(6)10-5-7(13)14/h4,10H,2-3,5H2,1H3,(H,13,14). The van der Waals surface area contributed by atoms with E-state index >= 15 is 0 Å². The Hall–Kier alpha value is -1.59. The molecule has 0 aliphatic rings. The molecule has 1 aromatic rings. The van der Waals surface area contributed by atoms with E-state index in [1.54, 1.807) is 13.1 Å². The molecule has 0 atom stereocenters. The van der Waals surface area contributed by atoms with Gasteiger partial charge in [0.15, 0.2) is 0 Å². The quantitative estimate of drug-likeness (QED) is 0.734. The average molecular weight is 201 g/mol. The fraction of sp³-hybridized carbons (Fsp3) is 0.500. The minimum atomic E-state index is -0.961. The Kier molecular flexibility index (Phi) is 3.44. The topological polar surface area (TPSA) is 67.2 Å². The number of rotatable bonds is 5. The molecule has 0 radical (unpaired) electrons. The van der Waals surface area contributed by atoms with Crippen LogP contribution in [0.5, 0.6) is 0 Å². The number of alkyl halides is 1. The van der Waals surface area contributed by atoms with Crippen LogP contribution in [0.4, 0.5) is 10.2 Å². The van der Waals surface area contributed by atoms with Crippen LogP contribution in [-0.4, -0.2) is 34.1 Å². The van der Waals surface area contributed by atoms with E-state index in [9.17, 15) is 9.18 Å². The summed E-state index contributed by atoms with van der Waals surface area (Å²) >= 11 is 0. The summed E-state index contributed by atoms with van der Waals surface area (Å²) in [5.41, 5.74) is 0.805. The fourth-order valence-electron chi connectivity index (χ4n) is 1.12. The van der Waals surface area contributed by atoms with E-state index in [1.165, 1.54) is 4.68 Å². The Bertz CT molecular complexity index is 324. The van der Waals surface area contributed by atoms with Crippen LogP contribution in [0.2, 0.25) is 0 Å². The molecular formula is C8H12FN3O2. The summed E-state index contributed by atoms with van der Waals surface area (Å²) in [5, 5.41) is 15.0. The van der Waals surface area contributed by atoms with Gasteiger partial charge in [0.1, 0.15) is 19.0 Å². The number of aromatic nitrogens is 2. The molecule has 0 spiro atoms. The molecule has 0 aliphatic heterocycles. The van der Waals surface area contributed by atoms with E-state index in [4.69, 9.17) is 5.11 Å². The van der Waals surface area contributed by atoms with Crippen LogP contribution in [0.1, 0.15) is 5.56 Å². The van der Waals surface area contributed by atoms with E-state index < -0.39 is 12.6 Å². The van der Waals surface area contributed by atoms with Gasteiger partial charge in [0.2, 0.25) is 0 Å². The van der Waals surface area contributed by atoms with E-state index in [0.717, 1.165) is 5.56 Å². The number of nitrogens with one attached hydrogen (secondary N) is 1. The molecular weight excluding hydrogens is 189 g/mol. The zero-order valence-corrected chi connectivity index (χ0v) is 7.83. The van der Waals surface area contributed by atoms with Crippen molar-refractivity contribution in [2.45, 2.75) is 13.5 Å². The molecule has 0 aliphatic carbocycles. The molecule has 5 nitrogen and oxygen atoms in total. The van der Waals surface area contributed by atoms with Crippen molar-refractivity contribution in [3.8, 4) is 0 Å². The van der Waals surface area contributed by atoms with Gasteiger partial charge < -0.3 is 10.4 Å². The highest BCUT2D eigenvalue weighted by Crippen LogP contribution is 2.12. The molecule has 0 aromatic carbocycles. The number of anilines is 1. The van der Waals surface area contributed by atoms with Gasteiger partial charge in [0.05, 0.1) is 12.7 Å². The van der Waals surface area contributed by atoms with E-state index in [1.807, 2.05) is 0 Å². The predicted octanol–water partition coefficient (Wildman–Crippen LogP) is 0.658. The Balaban J connectivity index is 2.71. The number of hydrogen-bond donors (Lipinski definition) is 2. The summed E-state index contributed by atoms with van der Waals surface area (Å²) in [6, 6.07) is 0. The maximum atomic E-state index is 12.1. The number of nitrogens with zero attached hydrogens (tertiary/aromatic N) is 2. The van der Waals surface area contributed by atoms with Crippen molar-refractivity contribution in [1.82, 2.24) is 9.78 Å². The third-order valence-corrected chi connectivity index (χ3v) is 1.73. The molecule has 6 heteroatoms. The second kappa shape index (κ2) is 4.59. The zero-order valence-electron chi connectivity index (χ0n) is 7.83. The SMILES string of the molecule is Cc1cnn(CCF)c1NCC(=O)O. The van der Waals surface area contributed by atoms with Crippen LogP contribution < -0.4 is 5.32 Å². The molecule has 0 saturated heterocycles. The van der Waals surface area contributed by atoms with Crippen LogP contribution in [-0.2, 0) is 11.3 Å². The molecule has 0 fully saturated rings. The number of halogens is 1. The zero-order chi connectivity index (χ0) is 10.6. The van der Waals surface area contributed by atoms with E-state index in [0.29, 0.717) is 5.82 Å². The van der Waals surface area contributed by atoms with Crippen molar-refractivity contribution in [2.24, 2.45) is 0 Å². The Labute approximate surface area is 80.5 Å². The Morgan fingerprint density at radius 3 is 3.07 bits per heavy atom. The van der Waals surface area contributed by atoms with Crippen LogP contribution >= 0.6 is 0 Å². The normalized spacial score (nSPS) is 10.1. The van der Waals surface area contributed by atoms with Gasteiger partial charge in [-0.1, -0.05) is 0 Å². The molecule has 1 aromatic heterocycles. The highest BCUT2D eigenvalue weighted by atomic mass is 19.1. The second-order valence-corrected chi connectivity index (χ2v) is 2.84. The van der Waals surface area contributed by atoms with Crippen molar-refractivity contribution in [3.63, 3.8) is 0 Å². The first kappa shape index (κ1) is 10.5. The van der Waals surface area contributed by atoms with E-state index in [-0.39, 0.29) is 13.1 Å². The Morgan fingerprint density at radius 2 is 2.50 bits per heavy atom. The van der Waals surface area contributed by atoms with Crippen molar-refractivity contribution >= 4 is 11.8 Å². The van der Waals surface area contributed by atoms with Gasteiger partial charge >= 0.3 is 5.97 Å². The summed E-state index contributed by atoms with van der Waals surface area (Å²) in [6.45, 7) is 1.20. The summed E-state index contributed by atoms with van der Waals surface area (Å²) in [4.78, 5) is 10.3. The van der Waals surface area contributed by atoms with Gasteiger partial charge in [-0.05, 0) is 6.92 Å². The molecule has 78 valence electrons. The molecule has 0 unspecified atom stereocenters. The lowest BCUT2D eigenvalue weighted by atomic mass is 10.3. The van der Waals surface area contributed by atoms with Gasteiger partial charge in [-0.25, -0.2) is 9.07 Å². The van der Waals surface area contributed by atoms with Crippen LogP contribution in [0.15, 0.2) is 6.20 Å². The third kappa shape index (κ3) is 2.45. The molecule has 0 amide bonds. The van der Waals surface area contributed by atoms with Crippen LogP contribution in [0.3, 0.4) is 0 Å². The number of aryl methyl sites for hydroxylation is 2. The number of carbonyl (C=O) groups is 1. The molecule has 2 N–H and O–H groups in total. The van der Waals surface area contributed by atoms with Crippen LogP contribution in [0, 0.1) is 6.92 Å². The highest BCUT2D eigenvalue weighted by molar-refractivity contribution is 5.72. The lowest BCUT2D eigenvalue weighted by Gasteiger charge is -2.07. The van der Waals surface area contributed by atoms with Gasteiger partial charge in [-0.15, -0.1) is 0 Å². The smallest absolute Gasteiger partial charge is 0.322 e. The van der Waals surface area contributed by atoms with Gasteiger partial charge in [-0.3, -0.25) is 4.79 Å². The minimum absolute atomic E-state index is 0.135. The molecule has 0 saturated carbocycles. The number of carboxylic acid groups (broad SMARTS) is 1. The number of carboxylic acids is 1. The summed E-state index contributed by atoms with van der Waals surface area (Å²) in [7, 11) is 0. The van der Waals surface area contributed by atoms with Gasteiger partial charge in [0, 0.05) is 5.56 Å². The summed E-state index contributed by atoms with van der Waals surface area (Å²) in [6.07, 6.45) is 1.57. The van der Waals surface area contributed by atoms with Crippen molar-refractivity contribution in [2.75, 3.05) is 18.5 Å². The third-order valence-electron chi connectivity index (χ3n) is 1.73. The molecule has 1 heterocycles. The summed E-state index contributed by atoms with van der Waals surface area (Å²) in [5.74, 6) is -0.401. The average Bonchev–Trinajstić information content (AvgIpc) is 2.45. The minimum Gasteiger partial charge on any atom is -0.480 e. The molecule has 14 heavy (non-hydrogen) atoms. The van der Waals surface area contributed by atoms with Gasteiger partial charge in [-0.2, -0.15) is 5.10 Å². The molecule has 1 rings (SSSR count). The number of aliphatic carboxylic acids is 1. The maximum Gasteiger partial charge on any atom is 0.322 e. The first-order chi connectivity index (χ1) is 6.65. The summed E-state index contributed by atoms with van der Waals surface area (Å²) < 4.78 is 13.5. The van der Waals surface area contributed by atoms with Crippen molar-refractivity contribution in [3.05, 3.63) is 11.8 Å². The fourth-order valence-corrected chi connectivity index (χ4v) is 1.12. The van der Waals surface area contributed by atoms with Crippen molar-refractivity contribution < 1.29 is 14.3 Å². The monoisotopic (exact) mass is 201 g/mol. The predicted molar refractivity (Wildman–Crippen MR) is 49.1 cm³/mol. The van der Waals surface area contributed by atoms with Gasteiger partial charge in [0.25, 0.3) is 0 Å². The van der Waals surface area contributed by atoms with Crippen molar-refractivity contribution in [1.29, 1.82) is 0 Å². The largest absolute Gasteiger partial charge is 0.480 e. The highest BCUT2D eigenvalue weighted by Gasteiger charge is 2.07. The maximum absolute atomic E-state index is 12.1. The lowest BCUT2D eigenvalue weighted by molar-refractivity contribution is -0.134. The number of hydrogen-bond acceptors (Lipinski definition) is 3. The van der Waals surface area contributed by atoms with Crippen LogP contribution in [0.25, 0.3) is 0 Å². The first-order valence-electron chi connectivity index (χ1n) is 4.19. The second-order valence-electron chi connectivity index (χ2n) is 2.84. The first-order valence-corrected chi connectivity index (χ1v) is 4.19. The molecule has 0 bridgehead atoms. The lowest BCUT2D eigenvalue weighted by Crippen LogP contribution is -2.16. The van der Waals surface area contributed by atoms with E-state index in [2.05, 4.69) is 10.4 Å². The Morgan fingerprint density at radius 1 is 1.79 bits per heavy atom.